The standard InChI is InChI=1S/C28H32N2O5/c31-25(29-24-13-7-12-22(24)26(32)33)16-28(14-5-6-15-28)30-27(34)35-17-23-20-10-3-1-8-18(20)19-9-2-4-11-21(19)23/h1-4,8-11,22-24H,5-7,12-17H2,(H,29,31)(H,30,34)(H,32,33). The lowest BCUT2D eigenvalue weighted by atomic mass is 9.92. The summed E-state index contributed by atoms with van der Waals surface area (Å²) in [5, 5.41) is 15.3. The van der Waals surface area contributed by atoms with Gasteiger partial charge in [0.2, 0.25) is 5.91 Å². The molecular weight excluding hydrogens is 444 g/mol. The highest BCUT2D eigenvalue weighted by Gasteiger charge is 2.40. The quantitative estimate of drug-likeness (QED) is 0.542. The number of hydrogen-bond donors (Lipinski definition) is 3. The van der Waals surface area contributed by atoms with E-state index >= 15 is 0 Å². The average molecular weight is 477 g/mol. The van der Waals surface area contributed by atoms with Crippen LogP contribution in [0.4, 0.5) is 4.79 Å². The van der Waals surface area contributed by atoms with E-state index in [1.807, 2.05) is 24.3 Å². The van der Waals surface area contributed by atoms with E-state index in [-0.39, 0.29) is 30.9 Å². The van der Waals surface area contributed by atoms with Crippen molar-refractivity contribution in [2.75, 3.05) is 6.61 Å². The molecule has 7 heteroatoms. The Labute approximate surface area is 205 Å². The minimum Gasteiger partial charge on any atom is -0.481 e. The number of ether oxygens (including phenoxy) is 1. The maximum absolute atomic E-state index is 12.9. The van der Waals surface area contributed by atoms with E-state index < -0.39 is 23.5 Å². The number of amides is 2. The van der Waals surface area contributed by atoms with Crippen molar-refractivity contribution >= 4 is 18.0 Å². The summed E-state index contributed by atoms with van der Waals surface area (Å²) in [4.78, 5) is 37.2. The Morgan fingerprint density at radius 1 is 0.914 bits per heavy atom. The molecule has 35 heavy (non-hydrogen) atoms. The Morgan fingerprint density at radius 2 is 1.54 bits per heavy atom. The number of carboxylic acids is 1. The Balaban J connectivity index is 1.21. The molecular formula is C28H32N2O5. The molecule has 3 aliphatic rings. The zero-order valence-electron chi connectivity index (χ0n) is 19.8. The Morgan fingerprint density at radius 3 is 2.17 bits per heavy atom. The van der Waals surface area contributed by atoms with Crippen LogP contribution in [0.5, 0.6) is 0 Å². The third-order valence-corrected chi connectivity index (χ3v) is 7.95. The van der Waals surface area contributed by atoms with Crippen LogP contribution in [0.25, 0.3) is 11.1 Å². The van der Waals surface area contributed by atoms with E-state index in [1.165, 1.54) is 11.1 Å². The molecule has 184 valence electrons. The van der Waals surface area contributed by atoms with Gasteiger partial charge in [-0.1, -0.05) is 67.8 Å². The van der Waals surface area contributed by atoms with Crippen LogP contribution >= 0.6 is 0 Å². The van der Waals surface area contributed by atoms with Crippen LogP contribution in [-0.4, -0.2) is 41.3 Å². The van der Waals surface area contributed by atoms with E-state index in [2.05, 4.69) is 34.9 Å². The predicted molar refractivity (Wildman–Crippen MR) is 131 cm³/mol. The van der Waals surface area contributed by atoms with Gasteiger partial charge in [0, 0.05) is 18.4 Å². The molecule has 7 nitrogen and oxygen atoms in total. The normalized spacial score (nSPS) is 22.3. The summed E-state index contributed by atoms with van der Waals surface area (Å²) < 4.78 is 5.73. The van der Waals surface area contributed by atoms with E-state index in [4.69, 9.17) is 4.74 Å². The molecule has 2 amide bonds. The van der Waals surface area contributed by atoms with Crippen molar-refractivity contribution in [1.82, 2.24) is 10.6 Å². The molecule has 0 aromatic heterocycles. The summed E-state index contributed by atoms with van der Waals surface area (Å²) in [6, 6.07) is 16.1. The maximum Gasteiger partial charge on any atom is 0.407 e. The summed E-state index contributed by atoms with van der Waals surface area (Å²) in [5.74, 6) is -1.62. The molecule has 0 heterocycles. The molecule has 5 rings (SSSR count). The minimum atomic E-state index is -0.861. The lowest BCUT2D eigenvalue weighted by Gasteiger charge is -2.30. The Hall–Kier alpha value is -3.35. The molecule has 2 fully saturated rings. The van der Waals surface area contributed by atoms with Crippen LogP contribution in [0.3, 0.4) is 0 Å². The number of carbonyl (C=O) groups is 3. The predicted octanol–water partition coefficient (Wildman–Crippen LogP) is 4.60. The van der Waals surface area contributed by atoms with Crippen LogP contribution in [0.15, 0.2) is 48.5 Å². The summed E-state index contributed by atoms with van der Waals surface area (Å²) in [7, 11) is 0. The number of carbonyl (C=O) groups excluding carboxylic acids is 2. The van der Waals surface area contributed by atoms with Crippen molar-refractivity contribution in [3.63, 3.8) is 0 Å². The Kier molecular flexibility index (Phi) is 6.50. The van der Waals surface area contributed by atoms with Gasteiger partial charge in [-0.25, -0.2) is 4.79 Å². The van der Waals surface area contributed by atoms with Crippen molar-refractivity contribution in [1.29, 1.82) is 0 Å². The Bertz CT molecular complexity index is 1080. The summed E-state index contributed by atoms with van der Waals surface area (Å²) in [5.41, 5.74) is 4.01. The van der Waals surface area contributed by atoms with Gasteiger partial charge in [-0.15, -0.1) is 0 Å². The van der Waals surface area contributed by atoms with Crippen LogP contribution in [0, 0.1) is 5.92 Å². The van der Waals surface area contributed by atoms with Crippen LogP contribution in [-0.2, 0) is 14.3 Å². The first kappa shape index (κ1) is 23.4. The van der Waals surface area contributed by atoms with Crippen molar-refractivity contribution < 1.29 is 24.2 Å². The second kappa shape index (κ2) is 9.72. The average Bonchev–Trinajstić information content (AvgIpc) is 3.56. The number of nitrogens with one attached hydrogen (secondary N) is 2. The lowest BCUT2D eigenvalue weighted by molar-refractivity contribution is -0.142. The fourth-order valence-corrected chi connectivity index (χ4v) is 6.24. The van der Waals surface area contributed by atoms with Gasteiger partial charge in [0.15, 0.2) is 0 Å². The molecule has 3 N–H and O–H groups in total. The van der Waals surface area contributed by atoms with E-state index in [0.29, 0.717) is 25.7 Å². The summed E-state index contributed by atoms with van der Waals surface area (Å²) in [6.07, 6.45) is 4.96. The second-order valence-corrected chi connectivity index (χ2v) is 10.2. The number of benzene rings is 2. The molecule has 2 saturated carbocycles. The highest BCUT2D eigenvalue weighted by atomic mass is 16.5. The first-order valence-electron chi connectivity index (χ1n) is 12.6. The van der Waals surface area contributed by atoms with Crippen molar-refractivity contribution in [2.45, 2.75) is 68.9 Å². The molecule has 2 unspecified atom stereocenters. The first-order valence-corrected chi connectivity index (χ1v) is 12.6. The summed E-state index contributed by atoms with van der Waals surface area (Å²) in [6.45, 7) is 0.227. The largest absolute Gasteiger partial charge is 0.481 e. The molecule has 3 aliphatic carbocycles. The highest BCUT2D eigenvalue weighted by Crippen LogP contribution is 2.44. The van der Waals surface area contributed by atoms with Gasteiger partial charge in [0.1, 0.15) is 6.61 Å². The van der Waals surface area contributed by atoms with Crippen molar-refractivity contribution in [2.24, 2.45) is 5.92 Å². The third-order valence-electron chi connectivity index (χ3n) is 7.95. The number of fused-ring (bicyclic) bond motifs is 3. The number of hydrogen-bond acceptors (Lipinski definition) is 4. The number of rotatable bonds is 7. The van der Waals surface area contributed by atoms with Crippen molar-refractivity contribution in [3.05, 3.63) is 59.7 Å². The van der Waals surface area contributed by atoms with Gasteiger partial charge in [0.25, 0.3) is 0 Å². The third kappa shape index (κ3) is 4.77. The topological polar surface area (TPSA) is 105 Å². The number of aliphatic carboxylic acids is 1. The van der Waals surface area contributed by atoms with E-state index in [1.54, 1.807) is 0 Å². The lowest BCUT2D eigenvalue weighted by Crippen LogP contribution is -2.51. The summed E-state index contributed by atoms with van der Waals surface area (Å²) >= 11 is 0. The molecule has 2 aromatic carbocycles. The maximum atomic E-state index is 12.9. The number of carboxylic acid groups (broad SMARTS) is 1. The van der Waals surface area contributed by atoms with E-state index in [9.17, 15) is 19.5 Å². The smallest absolute Gasteiger partial charge is 0.407 e. The second-order valence-electron chi connectivity index (χ2n) is 10.2. The first-order chi connectivity index (χ1) is 17.0. The highest BCUT2D eigenvalue weighted by molar-refractivity contribution is 5.81. The fraction of sp³-hybridized carbons (Fsp3) is 0.464. The van der Waals surface area contributed by atoms with Gasteiger partial charge in [-0.2, -0.15) is 0 Å². The molecule has 0 bridgehead atoms. The molecule has 0 saturated heterocycles. The molecule has 0 radical (unpaired) electrons. The molecule has 2 atom stereocenters. The molecule has 0 spiro atoms. The van der Waals surface area contributed by atoms with Gasteiger partial charge in [-0.05, 0) is 47.9 Å². The van der Waals surface area contributed by atoms with Gasteiger partial charge in [0.05, 0.1) is 11.5 Å². The SMILES string of the molecule is O=C(CC1(NC(=O)OCC2c3ccccc3-c3ccccc32)CCCC1)NC1CCCC1C(=O)O. The molecule has 0 aliphatic heterocycles. The van der Waals surface area contributed by atoms with Crippen LogP contribution < -0.4 is 10.6 Å². The van der Waals surface area contributed by atoms with E-state index in [0.717, 1.165) is 30.4 Å². The van der Waals surface area contributed by atoms with Crippen molar-refractivity contribution in [3.8, 4) is 11.1 Å². The zero-order chi connectivity index (χ0) is 24.4. The van der Waals surface area contributed by atoms with Gasteiger partial charge in [-0.3, -0.25) is 9.59 Å². The van der Waals surface area contributed by atoms with Crippen LogP contribution in [0.2, 0.25) is 0 Å². The fourth-order valence-electron chi connectivity index (χ4n) is 6.24. The monoisotopic (exact) mass is 476 g/mol. The molecule has 2 aromatic rings. The zero-order valence-corrected chi connectivity index (χ0v) is 19.8. The van der Waals surface area contributed by atoms with Gasteiger partial charge < -0.3 is 20.5 Å². The number of alkyl carbamates (subject to hydrolysis) is 1. The minimum absolute atomic E-state index is 0.0219. The van der Waals surface area contributed by atoms with Gasteiger partial charge >= 0.3 is 12.1 Å². The van der Waals surface area contributed by atoms with Crippen LogP contribution in [0.1, 0.15) is 68.4 Å².